The number of aliphatic hydroxyl groups excluding tert-OH is 1. The molecule has 0 spiro atoms. The maximum absolute atomic E-state index is 12.8. The van der Waals surface area contributed by atoms with Crippen LogP contribution in [0.25, 0.3) is 10.9 Å². The number of amides is 1. The van der Waals surface area contributed by atoms with Crippen LogP contribution < -0.4 is 0 Å². The van der Waals surface area contributed by atoms with E-state index in [-0.39, 0.29) is 18.4 Å². The maximum Gasteiger partial charge on any atom is 0.416 e. The first-order valence-corrected chi connectivity index (χ1v) is 7.88. The number of carbonyl (C=O) groups is 1. The van der Waals surface area contributed by atoms with E-state index in [2.05, 4.69) is 0 Å². The Morgan fingerprint density at radius 3 is 2.75 bits per heavy atom. The predicted molar refractivity (Wildman–Crippen MR) is 83.6 cm³/mol. The smallest absolute Gasteiger partial charge is 0.396 e. The van der Waals surface area contributed by atoms with Crippen molar-refractivity contribution in [3.63, 3.8) is 0 Å². The molecule has 1 aliphatic rings. The zero-order valence-electron chi connectivity index (χ0n) is 13.3. The van der Waals surface area contributed by atoms with Gasteiger partial charge in [-0.2, -0.15) is 13.2 Å². The number of benzene rings is 1. The number of likely N-dealkylation sites (tertiary alicyclic amines) is 1. The Labute approximate surface area is 137 Å². The quantitative estimate of drug-likeness (QED) is 0.913. The largest absolute Gasteiger partial charge is 0.416 e. The number of hydrogen-bond donors (Lipinski definition) is 1. The fourth-order valence-electron chi connectivity index (χ4n) is 3.29. The van der Waals surface area contributed by atoms with E-state index in [9.17, 15) is 23.1 Å². The number of halogens is 3. The average Bonchev–Trinajstić information content (AvgIpc) is 2.90. The van der Waals surface area contributed by atoms with Crippen molar-refractivity contribution in [2.75, 3.05) is 19.7 Å². The number of rotatable bonds is 2. The molecule has 1 saturated heterocycles. The summed E-state index contributed by atoms with van der Waals surface area (Å²) in [6.45, 7) is 1.11. The van der Waals surface area contributed by atoms with Gasteiger partial charge >= 0.3 is 6.18 Å². The number of aromatic nitrogens is 1. The van der Waals surface area contributed by atoms with E-state index in [1.165, 1.54) is 12.1 Å². The maximum atomic E-state index is 12.8. The van der Waals surface area contributed by atoms with E-state index >= 15 is 0 Å². The third-order valence-electron chi connectivity index (χ3n) is 4.65. The van der Waals surface area contributed by atoms with Gasteiger partial charge in [0.05, 0.1) is 5.56 Å². The van der Waals surface area contributed by atoms with Crippen molar-refractivity contribution in [3.8, 4) is 0 Å². The molecule has 1 aromatic heterocycles. The summed E-state index contributed by atoms with van der Waals surface area (Å²) in [6, 6.07) is 5.00. The molecule has 0 bridgehead atoms. The number of alkyl halides is 3. The van der Waals surface area contributed by atoms with Crippen LogP contribution in [0.15, 0.2) is 24.3 Å². The summed E-state index contributed by atoms with van der Waals surface area (Å²) in [5.41, 5.74) is 0.225. The van der Waals surface area contributed by atoms with Crippen molar-refractivity contribution in [2.24, 2.45) is 13.0 Å². The van der Waals surface area contributed by atoms with Crippen molar-refractivity contribution in [1.82, 2.24) is 9.47 Å². The molecule has 0 radical (unpaired) electrons. The lowest BCUT2D eigenvalue weighted by molar-refractivity contribution is -0.137. The van der Waals surface area contributed by atoms with Crippen LogP contribution in [0, 0.1) is 5.92 Å². The van der Waals surface area contributed by atoms with Gasteiger partial charge in [-0.05, 0) is 43.0 Å². The van der Waals surface area contributed by atoms with Crippen LogP contribution in [0.1, 0.15) is 28.9 Å². The minimum absolute atomic E-state index is 0.0356. The van der Waals surface area contributed by atoms with Crippen LogP contribution in [0.4, 0.5) is 13.2 Å². The van der Waals surface area contributed by atoms with Crippen LogP contribution in [-0.2, 0) is 13.2 Å². The minimum Gasteiger partial charge on any atom is -0.396 e. The molecule has 7 heteroatoms. The fourth-order valence-corrected chi connectivity index (χ4v) is 3.29. The van der Waals surface area contributed by atoms with E-state index < -0.39 is 11.7 Å². The van der Waals surface area contributed by atoms with E-state index in [1.54, 1.807) is 16.5 Å². The third kappa shape index (κ3) is 3.00. The van der Waals surface area contributed by atoms with Crippen molar-refractivity contribution in [1.29, 1.82) is 0 Å². The van der Waals surface area contributed by atoms with E-state index in [1.807, 2.05) is 0 Å². The predicted octanol–water partition coefficient (Wildman–Crippen LogP) is 3.04. The normalized spacial score (nSPS) is 19.0. The highest BCUT2D eigenvalue weighted by atomic mass is 19.4. The monoisotopic (exact) mass is 340 g/mol. The van der Waals surface area contributed by atoms with Crippen LogP contribution in [0.2, 0.25) is 0 Å². The van der Waals surface area contributed by atoms with Crippen LogP contribution in [0.3, 0.4) is 0 Å². The van der Waals surface area contributed by atoms with E-state index in [0.29, 0.717) is 29.7 Å². The molecule has 1 unspecified atom stereocenters. The molecule has 1 amide bonds. The first-order chi connectivity index (χ1) is 11.3. The molecule has 130 valence electrons. The third-order valence-corrected chi connectivity index (χ3v) is 4.65. The lowest BCUT2D eigenvalue weighted by Gasteiger charge is -2.31. The number of hydrogen-bond acceptors (Lipinski definition) is 2. The molecule has 0 saturated carbocycles. The Morgan fingerprint density at radius 2 is 2.08 bits per heavy atom. The van der Waals surface area contributed by atoms with Crippen molar-refractivity contribution in [3.05, 3.63) is 35.5 Å². The summed E-state index contributed by atoms with van der Waals surface area (Å²) in [7, 11) is 1.68. The summed E-state index contributed by atoms with van der Waals surface area (Å²) in [5, 5.41) is 9.68. The second-order valence-electron chi connectivity index (χ2n) is 6.30. The van der Waals surface area contributed by atoms with Gasteiger partial charge in [0, 0.05) is 37.6 Å². The second kappa shape index (κ2) is 6.12. The molecular weight excluding hydrogens is 321 g/mol. The van der Waals surface area contributed by atoms with Gasteiger partial charge < -0.3 is 14.6 Å². The molecule has 1 aliphatic heterocycles. The molecule has 24 heavy (non-hydrogen) atoms. The van der Waals surface area contributed by atoms with Gasteiger partial charge in [0.1, 0.15) is 5.69 Å². The molecule has 1 N–H and O–H groups in total. The van der Waals surface area contributed by atoms with Gasteiger partial charge in [-0.1, -0.05) is 0 Å². The van der Waals surface area contributed by atoms with Gasteiger partial charge in [0.2, 0.25) is 0 Å². The Morgan fingerprint density at radius 1 is 1.33 bits per heavy atom. The molecule has 2 aromatic rings. The molecule has 1 atom stereocenters. The summed E-state index contributed by atoms with van der Waals surface area (Å²) >= 11 is 0. The number of carbonyl (C=O) groups excluding carboxylic acids is 1. The van der Waals surface area contributed by atoms with Crippen molar-refractivity contribution in [2.45, 2.75) is 19.0 Å². The molecular formula is C17H19F3N2O2. The highest BCUT2D eigenvalue weighted by molar-refractivity contribution is 5.99. The lowest BCUT2D eigenvalue weighted by atomic mass is 9.99. The zero-order valence-corrected chi connectivity index (χ0v) is 13.3. The van der Waals surface area contributed by atoms with Gasteiger partial charge in [-0.3, -0.25) is 4.79 Å². The first kappa shape index (κ1) is 16.8. The Hall–Kier alpha value is -2.02. The SMILES string of the molecule is Cn1c(C(=O)N2CCCC(CO)C2)cc2cc(C(F)(F)F)ccc21. The second-order valence-corrected chi connectivity index (χ2v) is 6.30. The van der Waals surface area contributed by atoms with Crippen LogP contribution >= 0.6 is 0 Å². The molecule has 2 heterocycles. The van der Waals surface area contributed by atoms with Gasteiger partial charge in [-0.15, -0.1) is 0 Å². The van der Waals surface area contributed by atoms with Crippen LogP contribution in [-0.4, -0.2) is 40.2 Å². The minimum atomic E-state index is -4.41. The summed E-state index contributed by atoms with van der Waals surface area (Å²) in [4.78, 5) is 14.4. The Bertz CT molecular complexity index is 767. The first-order valence-electron chi connectivity index (χ1n) is 7.88. The lowest BCUT2D eigenvalue weighted by Crippen LogP contribution is -2.41. The van der Waals surface area contributed by atoms with Crippen molar-refractivity contribution < 1.29 is 23.1 Å². The fraction of sp³-hybridized carbons (Fsp3) is 0.471. The number of fused-ring (bicyclic) bond motifs is 1. The van der Waals surface area contributed by atoms with Crippen LogP contribution in [0.5, 0.6) is 0 Å². The highest BCUT2D eigenvalue weighted by Crippen LogP contribution is 2.32. The summed E-state index contributed by atoms with van der Waals surface area (Å²) in [5.74, 6) is -0.144. The Balaban J connectivity index is 1.94. The molecule has 0 aliphatic carbocycles. The average molecular weight is 340 g/mol. The van der Waals surface area contributed by atoms with E-state index in [4.69, 9.17) is 0 Å². The zero-order chi connectivity index (χ0) is 17.5. The molecule has 1 fully saturated rings. The number of aryl methyl sites for hydroxylation is 1. The molecule has 1 aromatic carbocycles. The van der Waals surface area contributed by atoms with Gasteiger partial charge in [0.25, 0.3) is 5.91 Å². The Kier molecular flexibility index (Phi) is 4.29. The number of aliphatic hydroxyl groups is 1. The summed E-state index contributed by atoms with van der Waals surface area (Å²) < 4.78 is 40.2. The number of piperidine rings is 1. The molecule has 3 rings (SSSR count). The van der Waals surface area contributed by atoms with E-state index in [0.717, 1.165) is 25.0 Å². The standard InChI is InChI=1S/C17H19F3N2O2/c1-21-14-5-4-13(17(18,19)20)7-12(14)8-15(21)16(24)22-6-2-3-11(9-22)10-23/h4-5,7-8,11,23H,2-3,6,9-10H2,1H3. The van der Waals surface area contributed by atoms with Gasteiger partial charge in [-0.25, -0.2) is 0 Å². The highest BCUT2D eigenvalue weighted by Gasteiger charge is 2.31. The number of nitrogens with zero attached hydrogens (tertiary/aromatic N) is 2. The summed E-state index contributed by atoms with van der Waals surface area (Å²) in [6.07, 6.45) is -2.71. The van der Waals surface area contributed by atoms with Crippen molar-refractivity contribution >= 4 is 16.8 Å². The molecule has 4 nitrogen and oxygen atoms in total. The topological polar surface area (TPSA) is 45.5 Å². The van der Waals surface area contributed by atoms with Gasteiger partial charge in [0.15, 0.2) is 0 Å².